The van der Waals surface area contributed by atoms with Crippen molar-refractivity contribution >= 4 is 0 Å². The van der Waals surface area contributed by atoms with Crippen LogP contribution in [0.15, 0.2) is 133 Å². The molecule has 0 bridgehead atoms. The summed E-state index contributed by atoms with van der Waals surface area (Å²) < 4.78 is 0. The second-order valence-corrected chi connectivity index (χ2v) is 8.88. The molecule has 1 aromatic heterocycles. The summed E-state index contributed by atoms with van der Waals surface area (Å²) in [5, 5.41) is 9.02. The van der Waals surface area contributed by atoms with E-state index in [-0.39, 0.29) is 0 Å². The predicted molar refractivity (Wildman–Crippen MR) is 152 cm³/mol. The van der Waals surface area contributed by atoms with Crippen LogP contribution in [0.1, 0.15) is 5.56 Å². The quantitative estimate of drug-likeness (QED) is 0.247. The first-order valence-electron chi connectivity index (χ1n) is 12.4. The van der Waals surface area contributed by atoms with E-state index in [0.29, 0.717) is 23.0 Å². The summed E-state index contributed by atoms with van der Waals surface area (Å²) in [7, 11) is 0. The molecule has 6 rings (SSSR count). The fraction of sp³-hybridized carbons (Fsp3) is 0. The SMILES string of the molecule is N#Cc1ccc(-c2ccc(-c3ccc(-c4nc(-c5ccccc5)nc(-c5ccccc5)n4)cc3)cc2)cc1. The van der Waals surface area contributed by atoms with Crippen LogP contribution in [0.4, 0.5) is 0 Å². The molecule has 0 radical (unpaired) electrons. The summed E-state index contributed by atoms with van der Waals surface area (Å²) in [6.45, 7) is 0. The van der Waals surface area contributed by atoms with Crippen LogP contribution in [-0.4, -0.2) is 15.0 Å². The Hall–Kier alpha value is -5.40. The maximum Gasteiger partial charge on any atom is 0.164 e. The van der Waals surface area contributed by atoms with Crippen LogP contribution in [0.2, 0.25) is 0 Å². The molecule has 0 aliphatic rings. The van der Waals surface area contributed by atoms with Gasteiger partial charge < -0.3 is 0 Å². The number of hydrogen-bond acceptors (Lipinski definition) is 4. The van der Waals surface area contributed by atoms with Crippen LogP contribution >= 0.6 is 0 Å². The van der Waals surface area contributed by atoms with Gasteiger partial charge in [0.2, 0.25) is 0 Å². The van der Waals surface area contributed by atoms with Gasteiger partial charge in [0.15, 0.2) is 17.5 Å². The van der Waals surface area contributed by atoms with Crippen LogP contribution in [0.5, 0.6) is 0 Å². The van der Waals surface area contributed by atoms with Gasteiger partial charge in [0.05, 0.1) is 11.6 Å². The highest BCUT2D eigenvalue weighted by molar-refractivity contribution is 5.73. The van der Waals surface area contributed by atoms with Gasteiger partial charge in [0, 0.05) is 16.7 Å². The van der Waals surface area contributed by atoms with E-state index in [4.69, 9.17) is 20.2 Å². The van der Waals surface area contributed by atoms with Gasteiger partial charge in [0.25, 0.3) is 0 Å². The lowest BCUT2D eigenvalue weighted by atomic mass is 9.99. The third-order valence-corrected chi connectivity index (χ3v) is 6.41. The monoisotopic (exact) mass is 486 g/mol. The zero-order valence-corrected chi connectivity index (χ0v) is 20.5. The van der Waals surface area contributed by atoms with E-state index in [0.717, 1.165) is 38.9 Å². The van der Waals surface area contributed by atoms with E-state index in [1.54, 1.807) is 0 Å². The molecular formula is C34H22N4. The molecule has 4 heteroatoms. The topological polar surface area (TPSA) is 62.5 Å². The van der Waals surface area contributed by atoms with Gasteiger partial charge in [-0.3, -0.25) is 0 Å². The van der Waals surface area contributed by atoms with Crippen LogP contribution in [-0.2, 0) is 0 Å². The maximum atomic E-state index is 9.02. The first kappa shape index (κ1) is 23.0. The molecule has 0 amide bonds. The Bertz CT molecular complexity index is 1660. The van der Waals surface area contributed by atoms with Crippen molar-refractivity contribution in [1.29, 1.82) is 5.26 Å². The molecule has 0 aliphatic carbocycles. The van der Waals surface area contributed by atoms with Crippen LogP contribution in [0.3, 0.4) is 0 Å². The lowest BCUT2D eigenvalue weighted by Crippen LogP contribution is -2.00. The Morgan fingerprint density at radius 1 is 0.342 bits per heavy atom. The van der Waals surface area contributed by atoms with Crippen molar-refractivity contribution in [3.63, 3.8) is 0 Å². The largest absolute Gasteiger partial charge is 0.208 e. The molecule has 0 saturated carbocycles. The summed E-state index contributed by atoms with van der Waals surface area (Å²) in [5.41, 5.74) is 7.93. The normalized spacial score (nSPS) is 10.6. The van der Waals surface area contributed by atoms with Crippen molar-refractivity contribution in [2.75, 3.05) is 0 Å². The van der Waals surface area contributed by atoms with Crippen LogP contribution < -0.4 is 0 Å². The van der Waals surface area contributed by atoms with Gasteiger partial charge in [-0.25, -0.2) is 15.0 Å². The fourth-order valence-corrected chi connectivity index (χ4v) is 4.34. The van der Waals surface area contributed by atoms with Crippen LogP contribution in [0, 0.1) is 11.3 Å². The van der Waals surface area contributed by atoms with E-state index in [9.17, 15) is 0 Å². The molecule has 0 fully saturated rings. The zero-order valence-electron chi connectivity index (χ0n) is 20.5. The highest BCUT2D eigenvalue weighted by atomic mass is 15.0. The van der Waals surface area contributed by atoms with E-state index >= 15 is 0 Å². The summed E-state index contributed by atoms with van der Waals surface area (Å²) in [6.07, 6.45) is 0. The molecule has 0 spiro atoms. The van der Waals surface area contributed by atoms with Crippen molar-refractivity contribution in [1.82, 2.24) is 15.0 Å². The molecular weight excluding hydrogens is 464 g/mol. The Morgan fingerprint density at radius 3 is 0.974 bits per heavy atom. The minimum absolute atomic E-state index is 0.639. The van der Waals surface area contributed by atoms with Gasteiger partial charge >= 0.3 is 0 Å². The van der Waals surface area contributed by atoms with Crippen molar-refractivity contribution in [3.8, 4) is 62.5 Å². The first-order chi connectivity index (χ1) is 18.8. The molecule has 0 N–H and O–H groups in total. The number of rotatable bonds is 5. The molecule has 0 unspecified atom stereocenters. The summed E-state index contributed by atoms with van der Waals surface area (Å²) >= 11 is 0. The lowest BCUT2D eigenvalue weighted by Gasteiger charge is -2.09. The number of nitrogens with zero attached hydrogens (tertiary/aromatic N) is 4. The Balaban J connectivity index is 1.32. The highest BCUT2D eigenvalue weighted by Crippen LogP contribution is 2.28. The number of nitriles is 1. The second-order valence-electron chi connectivity index (χ2n) is 8.88. The molecule has 6 aromatic rings. The Kier molecular flexibility index (Phi) is 6.24. The van der Waals surface area contributed by atoms with Crippen molar-refractivity contribution < 1.29 is 0 Å². The average Bonchev–Trinajstić information content (AvgIpc) is 3.02. The summed E-state index contributed by atoms with van der Waals surface area (Å²) in [6, 6.07) is 46.5. The third kappa shape index (κ3) is 4.82. The van der Waals surface area contributed by atoms with Crippen molar-refractivity contribution in [2.45, 2.75) is 0 Å². The van der Waals surface area contributed by atoms with E-state index in [2.05, 4.69) is 54.6 Å². The zero-order chi connectivity index (χ0) is 25.7. The fourth-order valence-electron chi connectivity index (χ4n) is 4.34. The van der Waals surface area contributed by atoms with Crippen molar-refractivity contribution in [2.24, 2.45) is 0 Å². The van der Waals surface area contributed by atoms with Crippen LogP contribution in [0.25, 0.3) is 56.4 Å². The minimum atomic E-state index is 0.639. The van der Waals surface area contributed by atoms with Gasteiger partial charge in [-0.15, -0.1) is 0 Å². The van der Waals surface area contributed by atoms with E-state index < -0.39 is 0 Å². The lowest BCUT2D eigenvalue weighted by molar-refractivity contribution is 1.07. The molecule has 0 atom stereocenters. The Labute approximate surface area is 221 Å². The second kappa shape index (κ2) is 10.3. The molecule has 0 saturated heterocycles. The van der Waals surface area contributed by atoms with E-state index in [1.165, 1.54) is 0 Å². The minimum Gasteiger partial charge on any atom is -0.208 e. The number of hydrogen-bond donors (Lipinski definition) is 0. The smallest absolute Gasteiger partial charge is 0.164 e. The number of aromatic nitrogens is 3. The molecule has 178 valence electrons. The van der Waals surface area contributed by atoms with Gasteiger partial charge in [0.1, 0.15) is 0 Å². The molecule has 1 heterocycles. The molecule has 38 heavy (non-hydrogen) atoms. The van der Waals surface area contributed by atoms with Gasteiger partial charge in [-0.05, 0) is 34.4 Å². The summed E-state index contributed by atoms with van der Waals surface area (Å²) in [5.74, 6) is 1.94. The number of benzene rings is 5. The average molecular weight is 487 g/mol. The first-order valence-corrected chi connectivity index (χ1v) is 12.4. The standard InChI is InChI=1S/C34H22N4/c35-23-24-11-13-25(14-12-24)26-15-17-27(18-16-26)28-19-21-31(22-20-28)34-37-32(29-7-3-1-4-8-29)36-33(38-34)30-9-5-2-6-10-30/h1-22H. The highest BCUT2D eigenvalue weighted by Gasteiger charge is 2.12. The Morgan fingerprint density at radius 2 is 0.632 bits per heavy atom. The molecule has 0 aliphatic heterocycles. The molecule has 4 nitrogen and oxygen atoms in total. The maximum absolute atomic E-state index is 9.02. The van der Waals surface area contributed by atoms with Gasteiger partial charge in [-0.2, -0.15) is 5.26 Å². The third-order valence-electron chi connectivity index (χ3n) is 6.41. The van der Waals surface area contributed by atoms with E-state index in [1.807, 2.05) is 84.9 Å². The van der Waals surface area contributed by atoms with Crippen molar-refractivity contribution in [3.05, 3.63) is 139 Å². The summed E-state index contributed by atoms with van der Waals surface area (Å²) in [4.78, 5) is 14.4. The molecule has 5 aromatic carbocycles. The van der Waals surface area contributed by atoms with Gasteiger partial charge in [-0.1, -0.05) is 121 Å². The predicted octanol–water partition coefficient (Wildman–Crippen LogP) is 8.08.